The van der Waals surface area contributed by atoms with Gasteiger partial charge in [-0.3, -0.25) is 4.90 Å². The lowest BCUT2D eigenvalue weighted by Crippen LogP contribution is -2.44. The molecule has 0 aromatic carbocycles. The predicted octanol–water partition coefficient (Wildman–Crippen LogP) is 3.06. The van der Waals surface area contributed by atoms with E-state index < -0.39 is 0 Å². The van der Waals surface area contributed by atoms with E-state index in [-0.39, 0.29) is 0 Å². The average molecular weight is 250 g/mol. The van der Waals surface area contributed by atoms with E-state index in [9.17, 15) is 0 Å². The molecular weight excluding hydrogens is 220 g/mol. The van der Waals surface area contributed by atoms with Crippen molar-refractivity contribution in [2.24, 2.45) is 23.5 Å². The molecule has 18 heavy (non-hydrogen) atoms. The molecule has 0 aromatic heterocycles. The largest absolute Gasteiger partial charge is 0.327 e. The lowest BCUT2D eigenvalue weighted by molar-refractivity contribution is 0.149. The first-order valence-electron chi connectivity index (χ1n) is 7.28. The third kappa shape index (κ3) is 4.58. The Labute approximate surface area is 113 Å². The molecule has 0 saturated heterocycles. The van der Waals surface area contributed by atoms with Gasteiger partial charge in [-0.25, -0.2) is 0 Å². The lowest BCUT2D eigenvalue weighted by Gasteiger charge is -2.38. The molecule has 2 N–H and O–H groups in total. The summed E-state index contributed by atoms with van der Waals surface area (Å²) in [5, 5.41) is 0. The minimum absolute atomic E-state index is 0.372. The average Bonchev–Trinajstić information content (AvgIpc) is 2.32. The van der Waals surface area contributed by atoms with Gasteiger partial charge in [0.25, 0.3) is 0 Å². The fourth-order valence-electron chi connectivity index (χ4n) is 3.06. The number of rotatable bonds is 7. The molecule has 1 rings (SSSR count). The highest BCUT2D eigenvalue weighted by molar-refractivity contribution is 4.88. The van der Waals surface area contributed by atoms with E-state index >= 15 is 0 Å². The van der Waals surface area contributed by atoms with Crippen molar-refractivity contribution in [3.05, 3.63) is 25.3 Å². The van der Waals surface area contributed by atoms with Gasteiger partial charge < -0.3 is 5.73 Å². The van der Waals surface area contributed by atoms with Gasteiger partial charge >= 0.3 is 0 Å². The third-order valence-corrected chi connectivity index (χ3v) is 4.29. The van der Waals surface area contributed by atoms with Gasteiger partial charge in [-0.2, -0.15) is 0 Å². The van der Waals surface area contributed by atoms with Gasteiger partial charge in [0.05, 0.1) is 0 Å². The zero-order valence-corrected chi connectivity index (χ0v) is 12.1. The van der Waals surface area contributed by atoms with Crippen LogP contribution in [-0.4, -0.2) is 30.6 Å². The van der Waals surface area contributed by atoms with E-state index in [0.29, 0.717) is 12.0 Å². The van der Waals surface area contributed by atoms with Crippen LogP contribution in [0.4, 0.5) is 0 Å². The fourth-order valence-corrected chi connectivity index (χ4v) is 3.06. The maximum absolute atomic E-state index is 6.30. The van der Waals surface area contributed by atoms with Crippen molar-refractivity contribution in [2.45, 2.75) is 39.2 Å². The van der Waals surface area contributed by atoms with Crippen molar-refractivity contribution in [1.82, 2.24) is 4.90 Å². The highest BCUT2D eigenvalue weighted by Crippen LogP contribution is 2.33. The van der Waals surface area contributed by atoms with Crippen molar-refractivity contribution in [2.75, 3.05) is 19.6 Å². The molecule has 104 valence electrons. The molecule has 0 heterocycles. The van der Waals surface area contributed by atoms with Crippen LogP contribution >= 0.6 is 0 Å². The standard InChI is InChI=1S/C16H30N2/c1-5-9-18(10-6-2)12-15-11-14(13(3)4)7-8-16(15)17/h5-6,13-16H,1-2,7-12,17H2,3-4H3. The van der Waals surface area contributed by atoms with Crippen LogP contribution in [0.3, 0.4) is 0 Å². The number of nitrogens with zero attached hydrogens (tertiary/aromatic N) is 1. The molecule has 1 fully saturated rings. The van der Waals surface area contributed by atoms with Crippen LogP contribution in [0, 0.1) is 17.8 Å². The van der Waals surface area contributed by atoms with Crippen molar-refractivity contribution in [3.63, 3.8) is 0 Å². The first-order valence-corrected chi connectivity index (χ1v) is 7.28. The van der Waals surface area contributed by atoms with Crippen LogP contribution in [0.1, 0.15) is 33.1 Å². The first-order chi connectivity index (χ1) is 8.58. The Balaban J connectivity index is 2.55. The molecule has 0 aromatic rings. The lowest BCUT2D eigenvalue weighted by atomic mass is 9.73. The van der Waals surface area contributed by atoms with E-state index in [1.165, 1.54) is 19.3 Å². The Morgan fingerprint density at radius 2 is 1.83 bits per heavy atom. The maximum atomic E-state index is 6.30. The Morgan fingerprint density at radius 1 is 1.22 bits per heavy atom. The van der Waals surface area contributed by atoms with Crippen LogP contribution in [0.25, 0.3) is 0 Å². The highest BCUT2D eigenvalue weighted by atomic mass is 15.1. The van der Waals surface area contributed by atoms with Gasteiger partial charge in [-0.1, -0.05) is 26.0 Å². The molecule has 1 aliphatic rings. The fraction of sp³-hybridized carbons (Fsp3) is 0.750. The summed E-state index contributed by atoms with van der Waals surface area (Å²) in [5.41, 5.74) is 6.30. The maximum Gasteiger partial charge on any atom is 0.0164 e. The minimum Gasteiger partial charge on any atom is -0.327 e. The van der Waals surface area contributed by atoms with Crippen molar-refractivity contribution in [1.29, 1.82) is 0 Å². The van der Waals surface area contributed by atoms with Crippen LogP contribution in [0.2, 0.25) is 0 Å². The molecule has 3 unspecified atom stereocenters. The number of nitrogens with two attached hydrogens (primary N) is 1. The molecule has 1 aliphatic carbocycles. The highest BCUT2D eigenvalue weighted by Gasteiger charge is 2.30. The zero-order chi connectivity index (χ0) is 13.5. The van der Waals surface area contributed by atoms with Gasteiger partial charge in [-0.15, -0.1) is 13.2 Å². The molecule has 0 aliphatic heterocycles. The van der Waals surface area contributed by atoms with Crippen LogP contribution in [0.15, 0.2) is 25.3 Å². The van der Waals surface area contributed by atoms with Crippen LogP contribution in [-0.2, 0) is 0 Å². The van der Waals surface area contributed by atoms with E-state index in [4.69, 9.17) is 5.73 Å². The van der Waals surface area contributed by atoms with Crippen LogP contribution < -0.4 is 5.73 Å². The first kappa shape index (κ1) is 15.5. The van der Waals surface area contributed by atoms with E-state index in [2.05, 4.69) is 31.9 Å². The SMILES string of the molecule is C=CCN(CC=C)CC1CC(C(C)C)CCC1N. The smallest absolute Gasteiger partial charge is 0.0164 e. The zero-order valence-electron chi connectivity index (χ0n) is 12.1. The summed E-state index contributed by atoms with van der Waals surface area (Å²) in [7, 11) is 0. The summed E-state index contributed by atoms with van der Waals surface area (Å²) < 4.78 is 0. The Hall–Kier alpha value is -0.600. The molecule has 0 amide bonds. The summed E-state index contributed by atoms with van der Waals surface area (Å²) in [6.07, 6.45) is 7.71. The topological polar surface area (TPSA) is 29.3 Å². The Kier molecular flexibility index (Phi) is 6.66. The van der Waals surface area contributed by atoms with Gasteiger partial charge in [0.15, 0.2) is 0 Å². The Bertz CT molecular complexity index is 250. The molecule has 3 atom stereocenters. The molecule has 0 bridgehead atoms. The normalized spacial score (nSPS) is 28.6. The summed E-state index contributed by atoms with van der Waals surface area (Å²) in [6, 6.07) is 0.372. The second kappa shape index (κ2) is 7.75. The van der Waals surface area contributed by atoms with Crippen molar-refractivity contribution >= 4 is 0 Å². The number of hydrogen-bond donors (Lipinski definition) is 1. The molecule has 2 nitrogen and oxygen atoms in total. The number of hydrogen-bond acceptors (Lipinski definition) is 2. The molecule has 0 radical (unpaired) electrons. The van der Waals surface area contributed by atoms with Crippen LogP contribution in [0.5, 0.6) is 0 Å². The Morgan fingerprint density at radius 3 is 2.33 bits per heavy atom. The minimum atomic E-state index is 0.372. The second-order valence-corrected chi connectivity index (χ2v) is 6.04. The quantitative estimate of drug-likeness (QED) is 0.704. The van der Waals surface area contributed by atoms with Crippen molar-refractivity contribution in [3.8, 4) is 0 Å². The molecule has 2 heteroatoms. The molecule has 0 spiro atoms. The third-order valence-electron chi connectivity index (χ3n) is 4.29. The van der Waals surface area contributed by atoms with Gasteiger partial charge in [0, 0.05) is 25.7 Å². The van der Waals surface area contributed by atoms with E-state index in [0.717, 1.165) is 31.5 Å². The molecule has 1 saturated carbocycles. The van der Waals surface area contributed by atoms with Gasteiger partial charge in [0.2, 0.25) is 0 Å². The van der Waals surface area contributed by atoms with Gasteiger partial charge in [0.1, 0.15) is 0 Å². The monoisotopic (exact) mass is 250 g/mol. The predicted molar refractivity (Wildman–Crippen MR) is 80.5 cm³/mol. The van der Waals surface area contributed by atoms with E-state index in [1.54, 1.807) is 0 Å². The summed E-state index contributed by atoms with van der Waals surface area (Å²) >= 11 is 0. The van der Waals surface area contributed by atoms with E-state index in [1.807, 2.05) is 12.2 Å². The summed E-state index contributed by atoms with van der Waals surface area (Å²) in [6.45, 7) is 15.3. The summed E-state index contributed by atoms with van der Waals surface area (Å²) in [4.78, 5) is 2.40. The summed E-state index contributed by atoms with van der Waals surface area (Å²) in [5.74, 6) is 2.27. The second-order valence-electron chi connectivity index (χ2n) is 6.04. The van der Waals surface area contributed by atoms with Gasteiger partial charge in [-0.05, 0) is 37.0 Å². The van der Waals surface area contributed by atoms with Crippen molar-refractivity contribution < 1.29 is 0 Å². The molecular formula is C16H30N2.